The quantitative estimate of drug-likeness (QED) is 0.800. The van der Waals surface area contributed by atoms with E-state index >= 15 is 0 Å². The Morgan fingerprint density at radius 3 is 2.32 bits per heavy atom. The molecule has 1 rings (SSSR count). The monoisotopic (exact) mass is 344 g/mol. The maximum Gasteiger partial charge on any atom is 0.411 e. The van der Waals surface area contributed by atoms with Gasteiger partial charge in [-0.2, -0.15) is 0 Å². The number of hydrogen-bond donors (Lipinski definition) is 2. The number of carbonyl (C=O) groups excluding carboxylic acids is 2. The maximum atomic E-state index is 11.6. The molecule has 0 atom stereocenters. The molecule has 2 N–H and O–H groups in total. The van der Waals surface area contributed by atoms with Gasteiger partial charge >= 0.3 is 6.09 Å². The van der Waals surface area contributed by atoms with Gasteiger partial charge in [0, 0.05) is 5.02 Å². The van der Waals surface area contributed by atoms with E-state index in [4.69, 9.17) is 46.4 Å². The van der Waals surface area contributed by atoms with Crippen molar-refractivity contribution in [3.8, 4) is 0 Å². The number of rotatable bonds is 2. The van der Waals surface area contributed by atoms with Gasteiger partial charge in [-0.1, -0.05) is 46.4 Å². The molecule has 0 heterocycles. The molecule has 104 valence electrons. The van der Waals surface area contributed by atoms with Crippen molar-refractivity contribution in [3.63, 3.8) is 0 Å². The zero-order valence-corrected chi connectivity index (χ0v) is 12.5. The molecule has 0 unspecified atom stereocenters. The molecule has 9 heteroatoms. The summed E-state index contributed by atoms with van der Waals surface area (Å²) in [5.41, 5.74) is 0.424. The molecule has 0 saturated carbocycles. The summed E-state index contributed by atoms with van der Waals surface area (Å²) in [6.45, 7) is 0. The molecular formula is C10H8Cl4N2O3. The highest BCUT2D eigenvalue weighted by molar-refractivity contribution is 6.76. The third kappa shape index (κ3) is 4.95. The lowest BCUT2D eigenvalue weighted by Crippen LogP contribution is -2.27. The SMILES string of the molecule is COC(=O)Nc1ccc(Cl)cc1NC(=O)C(Cl)(Cl)Cl. The van der Waals surface area contributed by atoms with E-state index in [2.05, 4.69) is 15.4 Å². The van der Waals surface area contributed by atoms with E-state index in [9.17, 15) is 9.59 Å². The Labute approximate surface area is 129 Å². The number of alkyl halides is 3. The van der Waals surface area contributed by atoms with E-state index in [-0.39, 0.29) is 11.4 Å². The van der Waals surface area contributed by atoms with E-state index < -0.39 is 15.8 Å². The molecule has 0 aliphatic rings. The molecule has 0 radical (unpaired) electrons. The number of carbonyl (C=O) groups is 2. The number of nitrogens with one attached hydrogen (secondary N) is 2. The van der Waals surface area contributed by atoms with Crippen LogP contribution >= 0.6 is 46.4 Å². The van der Waals surface area contributed by atoms with Crippen molar-refractivity contribution in [1.82, 2.24) is 0 Å². The van der Waals surface area contributed by atoms with Crippen molar-refractivity contribution in [3.05, 3.63) is 23.2 Å². The highest BCUT2D eigenvalue weighted by atomic mass is 35.6. The highest BCUT2D eigenvalue weighted by Crippen LogP contribution is 2.31. The van der Waals surface area contributed by atoms with Crippen LogP contribution in [0.25, 0.3) is 0 Å². The molecule has 2 amide bonds. The lowest BCUT2D eigenvalue weighted by atomic mass is 10.2. The van der Waals surface area contributed by atoms with Crippen LogP contribution in [-0.2, 0) is 9.53 Å². The molecule has 0 bridgehead atoms. The Bertz CT molecular complexity index is 502. The van der Waals surface area contributed by atoms with Gasteiger partial charge < -0.3 is 10.1 Å². The summed E-state index contributed by atoms with van der Waals surface area (Å²) >= 11 is 22.1. The fourth-order valence-corrected chi connectivity index (χ4v) is 1.40. The average molecular weight is 346 g/mol. The normalized spacial score (nSPS) is 10.8. The summed E-state index contributed by atoms with van der Waals surface area (Å²) in [6.07, 6.45) is -0.716. The lowest BCUT2D eigenvalue weighted by molar-refractivity contribution is -0.115. The second-order valence-corrected chi connectivity index (χ2v) is 5.98. The number of hydrogen-bond acceptors (Lipinski definition) is 3. The summed E-state index contributed by atoms with van der Waals surface area (Å²) in [6, 6.07) is 4.37. The van der Waals surface area contributed by atoms with Crippen LogP contribution in [0.5, 0.6) is 0 Å². The Morgan fingerprint density at radius 1 is 1.16 bits per heavy atom. The molecule has 0 aliphatic heterocycles. The average Bonchev–Trinajstić information content (AvgIpc) is 2.31. The van der Waals surface area contributed by atoms with Crippen LogP contribution in [0.3, 0.4) is 0 Å². The first-order chi connectivity index (χ1) is 8.74. The summed E-state index contributed by atoms with van der Waals surface area (Å²) in [5.74, 6) is -0.882. The smallest absolute Gasteiger partial charge is 0.411 e. The molecule has 1 aromatic rings. The van der Waals surface area contributed by atoms with Crippen molar-refractivity contribution in [2.45, 2.75) is 3.79 Å². The van der Waals surface area contributed by atoms with Gasteiger partial charge in [0.25, 0.3) is 9.70 Å². The van der Waals surface area contributed by atoms with Crippen molar-refractivity contribution in [2.24, 2.45) is 0 Å². The van der Waals surface area contributed by atoms with Crippen LogP contribution in [0.15, 0.2) is 18.2 Å². The van der Waals surface area contributed by atoms with Gasteiger partial charge in [0.05, 0.1) is 18.5 Å². The number of benzene rings is 1. The summed E-state index contributed by atoms with van der Waals surface area (Å²) in [7, 11) is 1.20. The maximum absolute atomic E-state index is 11.6. The zero-order chi connectivity index (χ0) is 14.6. The molecular weight excluding hydrogens is 338 g/mol. The molecule has 1 aromatic carbocycles. The van der Waals surface area contributed by atoms with Crippen LogP contribution in [0.2, 0.25) is 5.02 Å². The second kappa shape index (κ2) is 6.52. The van der Waals surface area contributed by atoms with Gasteiger partial charge in [-0.05, 0) is 18.2 Å². The van der Waals surface area contributed by atoms with Crippen LogP contribution in [0.4, 0.5) is 16.2 Å². The van der Waals surface area contributed by atoms with Crippen molar-refractivity contribution >= 4 is 69.8 Å². The number of ether oxygens (including phenoxy) is 1. The Balaban J connectivity index is 3.01. The Kier molecular flexibility index (Phi) is 5.55. The zero-order valence-electron chi connectivity index (χ0n) is 9.47. The van der Waals surface area contributed by atoms with Crippen molar-refractivity contribution in [2.75, 3.05) is 17.7 Å². The van der Waals surface area contributed by atoms with E-state index in [1.54, 1.807) is 0 Å². The highest BCUT2D eigenvalue weighted by Gasteiger charge is 2.31. The third-order valence-corrected chi connectivity index (χ3v) is 2.66. The molecule has 0 saturated heterocycles. The standard InChI is InChI=1S/C10H8Cl4N2O3/c1-19-9(18)16-6-3-2-5(11)4-7(6)15-8(17)10(12,13)14/h2-4H,1H3,(H,15,17)(H,16,18). The summed E-state index contributed by atoms with van der Waals surface area (Å²) in [5, 5.41) is 5.04. The van der Waals surface area contributed by atoms with Crippen LogP contribution < -0.4 is 10.6 Å². The number of anilines is 2. The summed E-state index contributed by atoms with van der Waals surface area (Å²) in [4.78, 5) is 22.7. The second-order valence-electron chi connectivity index (χ2n) is 3.26. The van der Waals surface area contributed by atoms with Crippen molar-refractivity contribution < 1.29 is 14.3 Å². The van der Waals surface area contributed by atoms with E-state index in [1.807, 2.05) is 0 Å². The first kappa shape index (κ1) is 16.2. The van der Waals surface area contributed by atoms with Gasteiger partial charge in [0.2, 0.25) is 0 Å². The predicted octanol–water partition coefficient (Wildman–Crippen LogP) is 3.83. The number of amides is 2. The van der Waals surface area contributed by atoms with Crippen LogP contribution in [-0.4, -0.2) is 22.9 Å². The molecule has 0 aromatic heterocycles. The van der Waals surface area contributed by atoms with Gasteiger partial charge in [-0.3, -0.25) is 10.1 Å². The van der Waals surface area contributed by atoms with Crippen molar-refractivity contribution in [1.29, 1.82) is 0 Å². The topological polar surface area (TPSA) is 67.4 Å². The first-order valence-electron chi connectivity index (χ1n) is 4.76. The first-order valence-corrected chi connectivity index (χ1v) is 6.28. The van der Waals surface area contributed by atoms with Gasteiger partial charge in [0.15, 0.2) is 0 Å². The fourth-order valence-electron chi connectivity index (χ4n) is 1.08. The Hall–Kier alpha value is -0.880. The molecule has 5 nitrogen and oxygen atoms in total. The Morgan fingerprint density at radius 2 is 1.79 bits per heavy atom. The largest absolute Gasteiger partial charge is 0.453 e. The van der Waals surface area contributed by atoms with Crippen LogP contribution in [0, 0.1) is 0 Å². The van der Waals surface area contributed by atoms with Gasteiger partial charge in [-0.25, -0.2) is 4.79 Å². The summed E-state index contributed by atoms with van der Waals surface area (Å²) < 4.78 is 2.30. The minimum atomic E-state index is -2.13. The molecule has 0 fully saturated rings. The minimum absolute atomic E-state index is 0.175. The van der Waals surface area contributed by atoms with Crippen LogP contribution in [0.1, 0.15) is 0 Å². The van der Waals surface area contributed by atoms with Gasteiger partial charge in [-0.15, -0.1) is 0 Å². The predicted molar refractivity (Wildman–Crippen MR) is 76.4 cm³/mol. The third-order valence-electron chi connectivity index (χ3n) is 1.91. The number of halogens is 4. The molecule has 19 heavy (non-hydrogen) atoms. The van der Waals surface area contributed by atoms with E-state index in [1.165, 1.54) is 25.3 Å². The molecule has 0 aliphatic carbocycles. The van der Waals surface area contributed by atoms with E-state index in [0.29, 0.717) is 5.02 Å². The van der Waals surface area contributed by atoms with Gasteiger partial charge in [0.1, 0.15) is 0 Å². The molecule has 0 spiro atoms. The lowest BCUT2D eigenvalue weighted by Gasteiger charge is -2.15. The fraction of sp³-hybridized carbons (Fsp3) is 0.200. The minimum Gasteiger partial charge on any atom is -0.453 e. The van der Waals surface area contributed by atoms with E-state index in [0.717, 1.165) is 0 Å². The number of methoxy groups -OCH3 is 1.